The fourth-order valence-electron chi connectivity index (χ4n) is 5.40. The number of pyridine rings is 1. The zero-order valence-corrected chi connectivity index (χ0v) is 29.2. The number of thiazole rings is 1. The van der Waals surface area contributed by atoms with Crippen LogP contribution in [0, 0.1) is 6.92 Å². The molecular weight excluding hydrogens is 600 g/mol. The molecule has 1 saturated heterocycles. The van der Waals surface area contributed by atoms with Gasteiger partial charge in [-0.1, -0.05) is 46.6 Å². The molecule has 0 spiro atoms. The SMILES string of the molecule is C=CCCCCCC(O)C(=O)N1CCCC1C(=O)NC1CC1.CC.COc1ccc2c(=O)cc(-c3nc(C(C)C)cs3)[nH]c2c1C. The number of unbranched alkanes of at least 4 members (excludes halogenated alkanes) is 3. The number of hydrogen-bond donors (Lipinski definition) is 3. The first-order chi connectivity index (χ1) is 22.1. The molecule has 2 aromatic heterocycles. The molecule has 1 saturated carbocycles. The molecular formula is C36H52N4O5S. The molecule has 0 radical (unpaired) electrons. The highest BCUT2D eigenvalue weighted by atomic mass is 32.1. The van der Waals surface area contributed by atoms with Crippen molar-refractivity contribution in [1.29, 1.82) is 0 Å². The number of aromatic amines is 1. The van der Waals surface area contributed by atoms with Gasteiger partial charge < -0.3 is 25.0 Å². The molecule has 1 aliphatic carbocycles. The van der Waals surface area contributed by atoms with Crippen LogP contribution in [0.5, 0.6) is 5.75 Å². The number of amides is 2. The van der Waals surface area contributed by atoms with Gasteiger partial charge in [0.15, 0.2) is 5.43 Å². The third-order valence-corrected chi connectivity index (χ3v) is 9.11. The quantitative estimate of drug-likeness (QED) is 0.145. The van der Waals surface area contributed by atoms with Gasteiger partial charge in [-0.15, -0.1) is 17.9 Å². The normalized spacial score (nSPS) is 16.3. The summed E-state index contributed by atoms with van der Waals surface area (Å²) >= 11 is 1.55. The van der Waals surface area contributed by atoms with Crippen LogP contribution in [0.4, 0.5) is 0 Å². The van der Waals surface area contributed by atoms with E-state index < -0.39 is 6.10 Å². The highest BCUT2D eigenvalue weighted by Gasteiger charge is 2.38. The molecule has 10 heteroatoms. The molecule has 252 valence electrons. The van der Waals surface area contributed by atoms with Crippen molar-refractivity contribution in [1.82, 2.24) is 20.2 Å². The predicted molar refractivity (Wildman–Crippen MR) is 188 cm³/mol. The highest BCUT2D eigenvalue weighted by molar-refractivity contribution is 7.13. The Morgan fingerprint density at radius 3 is 2.59 bits per heavy atom. The van der Waals surface area contributed by atoms with Gasteiger partial charge in [0.1, 0.15) is 22.9 Å². The lowest BCUT2D eigenvalue weighted by molar-refractivity contribution is -0.145. The summed E-state index contributed by atoms with van der Waals surface area (Å²) in [5, 5.41) is 16.6. The number of likely N-dealkylation sites (tertiary alicyclic amines) is 1. The smallest absolute Gasteiger partial charge is 0.252 e. The third kappa shape index (κ3) is 9.75. The lowest BCUT2D eigenvalue weighted by Gasteiger charge is -2.26. The van der Waals surface area contributed by atoms with Crippen LogP contribution in [0.1, 0.15) is 103 Å². The average molecular weight is 653 g/mol. The van der Waals surface area contributed by atoms with Crippen molar-refractivity contribution < 1.29 is 19.4 Å². The number of H-pyrrole nitrogens is 1. The van der Waals surface area contributed by atoms with E-state index in [4.69, 9.17) is 4.74 Å². The molecule has 2 aliphatic rings. The van der Waals surface area contributed by atoms with Gasteiger partial charge in [-0.3, -0.25) is 14.4 Å². The molecule has 1 aromatic carbocycles. The monoisotopic (exact) mass is 652 g/mol. The number of nitrogens with one attached hydrogen (secondary N) is 2. The molecule has 3 aromatic rings. The van der Waals surface area contributed by atoms with Crippen LogP contribution < -0.4 is 15.5 Å². The second-order valence-electron chi connectivity index (χ2n) is 12.0. The number of nitrogens with zero attached hydrogens (tertiary/aromatic N) is 2. The van der Waals surface area contributed by atoms with Crippen LogP contribution in [-0.4, -0.2) is 63.6 Å². The van der Waals surface area contributed by atoms with E-state index in [0.29, 0.717) is 36.7 Å². The lowest BCUT2D eigenvalue weighted by Crippen LogP contribution is -2.49. The molecule has 5 rings (SSSR count). The standard InChI is InChI=1S/C17H28N2O3.C17H18N2O2S.C2H6/c1-2-3-4-5-6-9-15(20)17(22)19-12-7-8-14(19)16(21)18-13-10-11-13;1-9(2)13-8-22-17(19-13)12-7-14(20)11-5-6-15(21-4)10(3)16(11)18-12;1-2/h2,13-15,20H,1,3-12H2,(H,18,21);5-9H,1-4H3,(H,18,20);1-2H3. The van der Waals surface area contributed by atoms with Crippen LogP contribution in [-0.2, 0) is 9.59 Å². The first kappa shape index (κ1) is 37.0. The van der Waals surface area contributed by atoms with E-state index in [1.807, 2.05) is 38.3 Å². The number of aryl methyl sites for hydroxylation is 1. The highest BCUT2D eigenvalue weighted by Crippen LogP contribution is 2.29. The van der Waals surface area contributed by atoms with Gasteiger partial charge in [-0.2, -0.15) is 0 Å². The Morgan fingerprint density at radius 2 is 1.96 bits per heavy atom. The van der Waals surface area contributed by atoms with Crippen LogP contribution in [0.3, 0.4) is 0 Å². The Hall–Kier alpha value is -3.50. The number of carbonyl (C=O) groups excluding carboxylic acids is 2. The third-order valence-electron chi connectivity index (χ3n) is 8.21. The number of methoxy groups -OCH3 is 1. The zero-order valence-electron chi connectivity index (χ0n) is 28.4. The second kappa shape index (κ2) is 18.0. The first-order valence-electron chi connectivity index (χ1n) is 16.7. The predicted octanol–water partition coefficient (Wildman–Crippen LogP) is 6.87. The molecule has 2 unspecified atom stereocenters. The minimum Gasteiger partial charge on any atom is -0.496 e. The maximum Gasteiger partial charge on any atom is 0.252 e. The van der Waals surface area contributed by atoms with Crippen molar-refractivity contribution in [2.75, 3.05) is 13.7 Å². The number of allylic oxidation sites excluding steroid dienone is 1. The van der Waals surface area contributed by atoms with E-state index in [0.717, 1.165) is 78.2 Å². The Labute approximate surface area is 277 Å². The summed E-state index contributed by atoms with van der Waals surface area (Å²) in [6, 6.07) is 5.17. The van der Waals surface area contributed by atoms with Crippen LogP contribution in [0.25, 0.3) is 21.6 Å². The number of aliphatic hydroxyl groups excluding tert-OH is 1. The fourth-order valence-corrected chi connectivity index (χ4v) is 6.35. The lowest BCUT2D eigenvalue weighted by atomic mass is 10.1. The van der Waals surface area contributed by atoms with Gasteiger partial charge in [0, 0.05) is 35.0 Å². The Bertz CT molecular complexity index is 1510. The summed E-state index contributed by atoms with van der Waals surface area (Å²) in [5.41, 5.74) is 3.53. The molecule has 46 heavy (non-hydrogen) atoms. The maximum atomic E-state index is 12.4. The van der Waals surface area contributed by atoms with Crippen LogP contribution >= 0.6 is 11.3 Å². The summed E-state index contributed by atoms with van der Waals surface area (Å²) in [6.45, 7) is 14.4. The maximum absolute atomic E-state index is 12.4. The average Bonchev–Trinajstić information content (AvgIpc) is 3.50. The molecule has 2 fully saturated rings. The van der Waals surface area contributed by atoms with Crippen molar-refractivity contribution in [3.8, 4) is 16.5 Å². The first-order valence-corrected chi connectivity index (χ1v) is 17.6. The topological polar surface area (TPSA) is 125 Å². The van der Waals surface area contributed by atoms with Gasteiger partial charge in [-0.05, 0) is 69.9 Å². The number of aromatic nitrogens is 2. The van der Waals surface area contributed by atoms with Gasteiger partial charge in [-0.25, -0.2) is 4.98 Å². The fraction of sp³-hybridized carbons (Fsp3) is 0.556. The van der Waals surface area contributed by atoms with Gasteiger partial charge in [0.25, 0.3) is 5.91 Å². The van der Waals surface area contributed by atoms with Crippen molar-refractivity contribution in [3.05, 3.63) is 57.7 Å². The minimum atomic E-state index is -0.974. The number of aliphatic hydroxyl groups is 1. The van der Waals surface area contributed by atoms with Gasteiger partial charge in [0.05, 0.1) is 24.0 Å². The molecule has 2 atom stereocenters. The van der Waals surface area contributed by atoms with Gasteiger partial charge >= 0.3 is 0 Å². The zero-order chi connectivity index (χ0) is 33.8. The summed E-state index contributed by atoms with van der Waals surface area (Å²) in [6.07, 6.45) is 8.84. The number of hydrogen-bond acceptors (Lipinski definition) is 7. The van der Waals surface area contributed by atoms with E-state index >= 15 is 0 Å². The van der Waals surface area contributed by atoms with Crippen molar-refractivity contribution >= 4 is 34.1 Å². The van der Waals surface area contributed by atoms with E-state index in [9.17, 15) is 19.5 Å². The number of carbonyl (C=O) groups is 2. The summed E-state index contributed by atoms with van der Waals surface area (Å²) in [7, 11) is 1.63. The Morgan fingerprint density at radius 1 is 1.22 bits per heavy atom. The molecule has 3 heterocycles. The Balaban J connectivity index is 0.000000238. The van der Waals surface area contributed by atoms with E-state index in [-0.39, 0.29) is 23.3 Å². The number of ether oxygens (including phenoxy) is 1. The van der Waals surface area contributed by atoms with Crippen LogP contribution in [0.15, 0.2) is 41.0 Å². The summed E-state index contributed by atoms with van der Waals surface area (Å²) in [5.74, 6) is 0.810. The summed E-state index contributed by atoms with van der Waals surface area (Å²) < 4.78 is 5.34. The molecule has 3 N–H and O–H groups in total. The molecule has 0 bridgehead atoms. The second-order valence-corrected chi connectivity index (χ2v) is 12.9. The Kier molecular flexibility index (Phi) is 14.5. The molecule has 1 aliphatic heterocycles. The van der Waals surface area contributed by atoms with E-state index in [1.54, 1.807) is 35.5 Å². The number of rotatable bonds is 12. The van der Waals surface area contributed by atoms with E-state index in [2.05, 4.69) is 35.7 Å². The van der Waals surface area contributed by atoms with Crippen molar-refractivity contribution in [2.24, 2.45) is 0 Å². The number of fused-ring (bicyclic) bond motifs is 1. The van der Waals surface area contributed by atoms with Gasteiger partial charge in [0.2, 0.25) is 5.91 Å². The molecule has 9 nitrogen and oxygen atoms in total. The summed E-state index contributed by atoms with van der Waals surface area (Å²) in [4.78, 5) is 46.5. The van der Waals surface area contributed by atoms with E-state index in [1.165, 1.54) is 0 Å². The molecule has 2 amide bonds. The number of benzene rings is 1. The van der Waals surface area contributed by atoms with Crippen molar-refractivity contribution in [3.63, 3.8) is 0 Å². The minimum absolute atomic E-state index is 0.00389. The van der Waals surface area contributed by atoms with Crippen LogP contribution in [0.2, 0.25) is 0 Å². The van der Waals surface area contributed by atoms with Crippen molar-refractivity contribution in [2.45, 2.75) is 117 Å². The largest absolute Gasteiger partial charge is 0.496 e.